The van der Waals surface area contributed by atoms with Gasteiger partial charge in [0.2, 0.25) is 0 Å². The third-order valence-corrected chi connectivity index (χ3v) is 1.84. The molecule has 0 fully saturated rings. The molecular weight excluding hydrogens is 180 g/mol. The van der Waals surface area contributed by atoms with E-state index in [1.807, 2.05) is 13.0 Å². The first-order valence-corrected chi connectivity index (χ1v) is 4.44. The van der Waals surface area contributed by atoms with Crippen molar-refractivity contribution in [2.24, 2.45) is 0 Å². The van der Waals surface area contributed by atoms with Gasteiger partial charge < -0.3 is 9.73 Å². The average molecular weight is 192 g/mol. The van der Waals surface area contributed by atoms with Gasteiger partial charge in [0.25, 0.3) is 0 Å². The van der Waals surface area contributed by atoms with Crippen LogP contribution in [-0.4, -0.2) is 15.2 Å². The van der Waals surface area contributed by atoms with E-state index in [4.69, 9.17) is 4.42 Å². The molecule has 0 spiro atoms. The molecule has 0 saturated carbocycles. The second-order valence-corrected chi connectivity index (χ2v) is 3.07. The highest BCUT2D eigenvalue weighted by Crippen LogP contribution is 1.99. The average Bonchev–Trinajstić information content (AvgIpc) is 2.77. The number of furan rings is 1. The van der Waals surface area contributed by atoms with E-state index in [9.17, 15) is 0 Å². The number of aryl methyl sites for hydroxylation is 1. The first-order chi connectivity index (χ1) is 6.84. The van der Waals surface area contributed by atoms with Gasteiger partial charge in [0.05, 0.1) is 19.1 Å². The SMILES string of the molecule is Cc1nc(CNCc2ccoc2)n[nH]1. The van der Waals surface area contributed by atoms with Gasteiger partial charge >= 0.3 is 0 Å². The Hall–Kier alpha value is -1.62. The van der Waals surface area contributed by atoms with Crippen LogP contribution in [0.2, 0.25) is 0 Å². The summed E-state index contributed by atoms with van der Waals surface area (Å²) in [7, 11) is 0. The van der Waals surface area contributed by atoms with Gasteiger partial charge in [0, 0.05) is 12.1 Å². The summed E-state index contributed by atoms with van der Waals surface area (Å²) in [6.07, 6.45) is 3.38. The molecule has 0 radical (unpaired) electrons. The van der Waals surface area contributed by atoms with Crippen molar-refractivity contribution in [1.29, 1.82) is 0 Å². The molecule has 2 aromatic rings. The van der Waals surface area contributed by atoms with E-state index in [0.29, 0.717) is 6.54 Å². The highest BCUT2D eigenvalue weighted by molar-refractivity contribution is 5.04. The molecule has 0 aromatic carbocycles. The van der Waals surface area contributed by atoms with Crippen LogP contribution < -0.4 is 5.32 Å². The summed E-state index contributed by atoms with van der Waals surface area (Å²) in [6, 6.07) is 1.93. The van der Waals surface area contributed by atoms with Crippen LogP contribution in [0, 0.1) is 6.92 Å². The monoisotopic (exact) mass is 192 g/mol. The maximum absolute atomic E-state index is 4.94. The number of hydrogen-bond donors (Lipinski definition) is 2. The van der Waals surface area contributed by atoms with Gasteiger partial charge in [-0.1, -0.05) is 0 Å². The fourth-order valence-corrected chi connectivity index (χ4v) is 1.18. The molecule has 2 aromatic heterocycles. The van der Waals surface area contributed by atoms with Crippen molar-refractivity contribution >= 4 is 0 Å². The van der Waals surface area contributed by atoms with Gasteiger partial charge in [-0.15, -0.1) is 0 Å². The van der Waals surface area contributed by atoms with Crippen LogP contribution in [0.5, 0.6) is 0 Å². The zero-order valence-corrected chi connectivity index (χ0v) is 7.95. The predicted molar refractivity (Wildman–Crippen MR) is 50.4 cm³/mol. The molecule has 5 heteroatoms. The van der Waals surface area contributed by atoms with Gasteiger partial charge in [0.15, 0.2) is 5.82 Å². The topological polar surface area (TPSA) is 66.7 Å². The first kappa shape index (κ1) is 8.96. The van der Waals surface area contributed by atoms with Crippen molar-refractivity contribution in [3.05, 3.63) is 35.8 Å². The number of hydrogen-bond acceptors (Lipinski definition) is 4. The van der Waals surface area contributed by atoms with Crippen LogP contribution in [0.3, 0.4) is 0 Å². The summed E-state index contributed by atoms with van der Waals surface area (Å²) in [5.74, 6) is 1.62. The van der Waals surface area contributed by atoms with Crippen molar-refractivity contribution in [2.75, 3.05) is 0 Å². The van der Waals surface area contributed by atoms with Crippen molar-refractivity contribution in [3.63, 3.8) is 0 Å². The lowest BCUT2D eigenvalue weighted by Crippen LogP contribution is -2.13. The Balaban J connectivity index is 1.78. The summed E-state index contributed by atoms with van der Waals surface area (Å²) in [4.78, 5) is 4.18. The lowest BCUT2D eigenvalue weighted by molar-refractivity contribution is 0.559. The Bertz CT molecular complexity index is 379. The maximum Gasteiger partial charge on any atom is 0.164 e. The predicted octanol–water partition coefficient (Wildman–Crippen LogP) is 0.996. The molecule has 2 heterocycles. The minimum absolute atomic E-state index is 0.662. The molecule has 2 rings (SSSR count). The lowest BCUT2D eigenvalue weighted by atomic mass is 10.3. The van der Waals surface area contributed by atoms with Crippen LogP contribution in [0.1, 0.15) is 17.2 Å². The highest BCUT2D eigenvalue weighted by atomic mass is 16.3. The second kappa shape index (κ2) is 4.06. The second-order valence-electron chi connectivity index (χ2n) is 3.07. The van der Waals surface area contributed by atoms with E-state index < -0.39 is 0 Å². The largest absolute Gasteiger partial charge is 0.472 e. The lowest BCUT2D eigenvalue weighted by Gasteiger charge is -1.97. The third kappa shape index (κ3) is 2.20. The van der Waals surface area contributed by atoms with Crippen LogP contribution in [-0.2, 0) is 13.1 Å². The van der Waals surface area contributed by atoms with E-state index >= 15 is 0 Å². The summed E-state index contributed by atoms with van der Waals surface area (Å²) < 4.78 is 4.94. The Morgan fingerprint density at radius 1 is 1.50 bits per heavy atom. The number of H-pyrrole nitrogens is 1. The maximum atomic E-state index is 4.94. The fourth-order valence-electron chi connectivity index (χ4n) is 1.18. The molecule has 74 valence electrons. The molecule has 0 aliphatic carbocycles. The molecule has 0 aliphatic rings. The Kier molecular flexibility index (Phi) is 2.60. The normalized spacial score (nSPS) is 10.6. The van der Waals surface area contributed by atoms with Gasteiger partial charge in [-0.3, -0.25) is 5.10 Å². The number of aromatic amines is 1. The molecule has 0 unspecified atom stereocenters. The van der Waals surface area contributed by atoms with Gasteiger partial charge in [-0.25, -0.2) is 4.98 Å². The molecule has 0 atom stereocenters. The van der Waals surface area contributed by atoms with Gasteiger partial charge in [-0.05, 0) is 13.0 Å². The van der Waals surface area contributed by atoms with Crippen molar-refractivity contribution in [2.45, 2.75) is 20.0 Å². The standard InChI is InChI=1S/C9H12N4O/c1-7-11-9(13-12-7)5-10-4-8-2-3-14-6-8/h2-3,6,10H,4-5H2,1H3,(H,11,12,13). The zero-order valence-electron chi connectivity index (χ0n) is 7.95. The van der Waals surface area contributed by atoms with Crippen molar-refractivity contribution < 1.29 is 4.42 Å². The fraction of sp³-hybridized carbons (Fsp3) is 0.333. The third-order valence-electron chi connectivity index (χ3n) is 1.84. The van der Waals surface area contributed by atoms with E-state index in [1.165, 1.54) is 0 Å². The summed E-state index contributed by atoms with van der Waals surface area (Å²) >= 11 is 0. The minimum atomic E-state index is 0.662. The smallest absolute Gasteiger partial charge is 0.164 e. The number of nitrogens with one attached hydrogen (secondary N) is 2. The molecule has 0 amide bonds. The Morgan fingerprint density at radius 3 is 3.07 bits per heavy atom. The van der Waals surface area contributed by atoms with E-state index in [0.717, 1.165) is 23.8 Å². The zero-order chi connectivity index (χ0) is 9.80. The van der Waals surface area contributed by atoms with E-state index in [-0.39, 0.29) is 0 Å². The molecular formula is C9H12N4O. The molecule has 0 saturated heterocycles. The van der Waals surface area contributed by atoms with Crippen LogP contribution in [0.25, 0.3) is 0 Å². The molecule has 0 bridgehead atoms. The Labute approximate surface area is 81.5 Å². The highest BCUT2D eigenvalue weighted by Gasteiger charge is 1.99. The van der Waals surface area contributed by atoms with Crippen LogP contribution in [0.15, 0.2) is 23.0 Å². The number of aromatic nitrogens is 3. The number of nitrogens with zero attached hydrogens (tertiary/aromatic N) is 2. The summed E-state index contributed by atoms with van der Waals surface area (Å²) in [5, 5.41) is 10.0. The molecule has 0 aliphatic heterocycles. The summed E-state index contributed by atoms with van der Waals surface area (Å²) in [5.41, 5.74) is 1.12. The minimum Gasteiger partial charge on any atom is -0.472 e. The van der Waals surface area contributed by atoms with Crippen molar-refractivity contribution in [1.82, 2.24) is 20.5 Å². The van der Waals surface area contributed by atoms with Gasteiger partial charge in [0.1, 0.15) is 5.82 Å². The van der Waals surface area contributed by atoms with Crippen molar-refractivity contribution in [3.8, 4) is 0 Å². The van der Waals surface area contributed by atoms with E-state index in [2.05, 4.69) is 20.5 Å². The van der Waals surface area contributed by atoms with Crippen LogP contribution >= 0.6 is 0 Å². The van der Waals surface area contributed by atoms with Crippen LogP contribution in [0.4, 0.5) is 0 Å². The molecule has 14 heavy (non-hydrogen) atoms. The summed E-state index contributed by atoms with van der Waals surface area (Å²) in [6.45, 7) is 3.31. The van der Waals surface area contributed by atoms with Gasteiger partial charge in [-0.2, -0.15) is 5.10 Å². The first-order valence-electron chi connectivity index (χ1n) is 4.44. The molecule has 2 N–H and O–H groups in total. The number of rotatable bonds is 4. The quantitative estimate of drug-likeness (QED) is 0.758. The van der Waals surface area contributed by atoms with E-state index in [1.54, 1.807) is 12.5 Å². The molecule has 5 nitrogen and oxygen atoms in total. The Morgan fingerprint density at radius 2 is 2.43 bits per heavy atom.